The summed E-state index contributed by atoms with van der Waals surface area (Å²) in [5, 5.41) is 0. The van der Waals surface area contributed by atoms with Crippen molar-refractivity contribution in [1.82, 2.24) is 0 Å². The van der Waals surface area contributed by atoms with Crippen molar-refractivity contribution in [3.63, 3.8) is 0 Å². The summed E-state index contributed by atoms with van der Waals surface area (Å²) in [4.78, 5) is 20.4. The summed E-state index contributed by atoms with van der Waals surface area (Å²) in [6.07, 6.45) is 9.61. The Hall–Kier alpha value is -1.44. The highest BCUT2D eigenvalue weighted by atomic mass is 16.1. The van der Waals surface area contributed by atoms with Gasteiger partial charge in [-0.1, -0.05) is 30.7 Å². The fourth-order valence-corrected chi connectivity index (χ4v) is 2.00. The molecule has 0 unspecified atom stereocenters. The zero-order chi connectivity index (χ0) is 13.1. The number of hydrogen-bond donors (Lipinski definition) is 0. The highest BCUT2D eigenvalue weighted by molar-refractivity contribution is 5.49. The lowest BCUT2D eigenvalue weighted by molar-refractivity contribution is -0.108. The molecule has 0 amide bonds. The van der Waals surface area contributed by atoms with Crippen LogP contribution in [0.3, 0.4) is 0 Å². The van der Waals surface area contributed by atoms with Gasteiger partial charge in [0.05, 0.1) is 0 Å². The molecule has 0 N–H and O–H groups in total. The minimum absolute atomic E-state index is 0.651. The third-order valence-electron chi connectivity index (χ3n) is 3.10. The van der Waals surface area contributed by atoms with Gasteiger partial charge in [0.2, 0.25) is 0 Å². The Morgan fingerprint density at radius 2 is 1.17 bits per heavy atom. The van der Waals surface area contributed by atoms with Gasteiger partial charge >= 0.3 is 0 Å². The van der Waals surface area contributed by atoms with E-state index in [0.717, 1.165) is 51.1 Å². The van der Waals surface area contributed by atoms with Crippen LogP contribution in [0.2, 0.25) is 0 Å². The third kappa shape index (κ3) is 6.33. The Balaban J connectivity index is 2.22. The van der Waals surface area contributed by atoms with Gasteiger partial charge in [-0.3, -0.25) is 0 Å². The van der Waals surface area contributed by atoms with Crippen molar-refractivity contribution >= 4 is 12.6 Å². The predicted molar refractivity (Wildman–Crippen MR) is 73.7 cm³/mol. The van der Waals surface area contributed by atoms with E-state index in [2.05, 4.69) is 24.3 Å². The van der Waals surface area contributed by atoms with Gasteiger partial charge in [-0.05, 0) is 43.2 Å². The van der Waals surface area contributed by atoms with Gasteiger partial charge in [0, 0.05) is 12.8 Å². The van der Waals surface area contributed by atoms with Crippen LogP contribution in [0.25, 0.3) is 0 Å². The van der Waals surface area contributed by atoms with Gasteiger partial charge in [-0.25, -0.2) is 0 Å². The van der Waals surface area contributed by atoms with Crippen molar-refractivity contribution < 1.29 is 9.59 Å². The molecule has 98 valence electrons. The Labute approximate surface area is 109 Å². The van der Waals surface area contributed by atoms with E-state index in [1.165, 1.54) is 11.1 Å². The molecule has 0 spiro atoms. The summed E-state index contributed by atoms with van der Waals surface area (Å²) in [5.41, 5.74) is 2.67. The molecule has 2 heteroatoms. The molecule has 18 heavy (non-hydrogen) atoms. The normalized spacial score (nSPS) is 10.2. The number of carbonyl (C=O) groups is 2. The summed E-state index contributed by atoms with van der Waals surface area (Å²) in [6, 6.07) is 8.67. The molecule has 0 heterocycles. The summed E-state index contributed by atoms with van der Waals surface area (Å²) >= 11 is 0. The molecule has 0 saturated carbocycles. The number of unbranched alkanes of at least 4 members (excludes halogenated alkanes) is 4. The van der Waals surface area contributed by atoms with Crippen LogP contribution >= 0.6 is 0 Å². The molecular formula is C16H22O2. The number of hydrogen-bond acceptors (Lipinski definition) is 2. The smallest absolute Gasteiger partial charge is 0.120 e. The number of carbonyl (C=O) groups excluding carboxylic acids is 2. The van der Waals surface area contributed by atoms with E-state index in [-0.39, 0.29) is 0 Å². The quantitative estimate of drug-likeness (QED) is 0.467. The number of aryl methyl sites for hydroxylation is 2. The van der Waals surface area contributed by atoms with E-state index < -0.39 is 0 Å². The Kier molecular flexibility index (Phi) is 7.78. The average molecular weight is 246 g/mol. The van der Waals surface area contributed by atoms with Gasteiger partial charge in [0.1, 0.15) is 12.6 Å². The van der Waals surface area contributed by atoms with Crippen LogP contribution in [0, 0.1) is 0 Å². The first-order valence-corrected chi connectivity index (χ1v) is 6.82. The molecule has 0 fully saturated rings. The lowest BCUT2D eigenvalue weighted by Crippen LogP contribution is -1.90. The number of aldehydes is 2. The topological polar surface area (TPSA) is 34.1 Å². The van der Waals surface area contributed by atoms with Crippen molar-refractivity contribution in [2.45, 2.75) is 51.4 Å². The Morgan fingerprint density at radius 3 is 1.72 bits per heavy atom. The molecule has 1 rings (SSSR count). The molecule has 0 atom stereocenters. The van der Waals surface area contributed by atoms with Crippen molar-refractivity contribution in [3.05, 3.63) is 35.4 Å². The molecule has 0 aliphatic rings. The number of rotatable bonds is 10. The second-order valence-electron chi connectivity index (χ2n) is 4.64. The maximum atomic E-state index is 10.2. The van der Waals surface area contributed by atoms with E-state index >= 15 is 0 Å². The van der Waals surface area contributed by atoms with Gasteiger partial charge in [0.15, 0.2) is 0 Å². The predicted octanol–water partition coefficient (Wildman–Crippen LogP) is 3.51. The molecule has 1 aromatic carbocycles. The van der Waals surface area contributed by atoms with E-state index in [9.17, 15) is 9.59 Å². The highest BCUT2D eigenvalue weighted by Crippen LogP contribution is 2.11. The molecule has 0 aliphatic carbocycles. The summed E-state index contributed by atoms with van der Waals surface area (Å²) in [7, 11) is 0. The van der Waals surface area contributed by atoms with Crippen molar-refractivity contribution in [2.24, 2.45) is 0 Å². The fraction of sp³-hybridized carbons (Fsp3) is 0.500. The maximum absolute atomic E-state index is 10.2. The molecule has 2 nitrogen and oxygen atoms in total. The SMILES string of the molecule is O=CCCCCCc1ccc(CCCC=O)cc1. The van der Waals surface area contributed by atoms with Crippen LogP contribution in [0.5, 0.6) is 0 Å². The minimum Gasteiger partial charge on any atom is -0.303 e. The van der Waals surface area contributed by atoms with Crippen LogP contribution in [-0.2, 0) is 22.4 Å². The van der Waals surface area contributed by atoms with Crippen molar-refractivity contribution in [3.8, 4) is 0 Å². The van der Waals surface area contributed by atoms with Gasteiger partial charge in [-0.2, -0.15) is 0 Å². The van der Waals surface area contributed by atoms with Crippen LogP contribution in [0.4, 0.5) is 0 Å². The standard InChI is InChI=1S/C16H22O2/c17-13-5-2-1-3-7-15-9-11-16(12-10-15)8-4-6-14-18/h9-14H,1-8H2. The van der Waals surface area contributed by atoms with E-state index in [4.69, 9.17) is 0 Å². The van der Waals surface area contributed by atoms with E-state index in [1.807, 2.05) is 0 Å². The monoisotopic (exact) mass is 246 g/mol. The second-order valence-corrected chi connectivity index (χ2v) is 4.64. The van der Waals surface area contributed by atoms with E-state index in [0.29, 0.717) is 12.8 Å². The maximum Gasteiger partial charge on any atom is 0.120 e. The zero-order valence-electron chi connectivity index (χ0n) is 10.9. The van der Waals surface area contributed by atoms with Gasteiger partial charge in [-0.15, -0.1) is 0 Å². The molecular weight excluding hydrogens is 224 g/mol. The second kappa shape index (κ2) is 9.58. The van der Waals surface area contributed by atoms with E-state index in [1.54, 1.807) is 0 Å². The first kappa shape index (κ1) is 14.6. The third-order valence-corrected chi connectivity index (χ3v) is 3.10. The van der Waals surface area contributed by atoms with Gasteiger partial charge < -0.3 is 9.59 Å². The minimum atomic E-state index is 0.651. The zero-order valence-corrected chi connectivity index (χ0v) is 10.9. The highest BCUT2D eigenvalue weighted by Gasteiger charge is 1.96. The van der Waals surface area contributed by atoms with Crippen LogP contribution in [0.1, 0.15) is 49.7 Å². The molecule has 1 aromatic rings. The van der Waals surface area contributed by atoms with Crippen molar-refractivity contribution in [2.75, 3.05) is 0 Å². The first-order chi connectivity index (χ1) is 8.86. The first-order valence-electron chi connectivity index (χ1n) is 6.82. The Morgan fingerprint density at radius 1 is 0.667 bits per heavy atom. The molecule has 0 aromatic heterocycles. The molecule has 0 aliphatic heterocycles. The molecule has 0 saturated heterocycles. The van der Waals surface area contributed by atoms with Crippen LogP contribution in [-0.4, -0.2) is 12.6 Å². The Bertz CT molecular complexity index is 341. The largest absolute Gasteiger partial charge is 0.303 e. The van der Waals surface area contributed by atoms with Crippen LogP contribution in [0.15, 0.2) is 24.3 Å². The molecule has 0 bridgehead atoms. The number of benzene rings is 1. The summed E-state index contributed by atoms with van der Waals surface area (Å²) in [5.74, 6) is 0. The molecule has 0 radical (unpaired) electrons. The van der Waals surface area contributed by atoms with Crippen molar-refractivity contribution in [1.29, 1.82) is 0 Å². The average Bonchev–Trinajstić information content (AvgIpc) is 2.40. The lowest BCUT2D eigenvalue weighted by Gasteiger charge is -2.03. The lowest BCUT2D eigenvalue weighted by atomic mass is 10.0. The fourth-order valence-electron chi connectivity index (χ4n) is 2.00. The van der Waals surface area contributed by atoms with Gasteiger partial charge in [0.25, 0.3) is 0 Å². The summed E-state index contributed by atoms with van der Waals surface area (Å²) < 4.78 is 0. The van der Waals surface area contributed by atoms with Crippen LogP contribution < -0.4 is 0 Å². The summed E-state index contributed by atoms with van der Waals surface area (Å²) in [6.45, 7) is 0.